The second-order valence-electron chi connectivity index (χ2n) is 0.373. The van der Waals surface area contributed by atoms with Gasteiger partial charge in [-0.15, -0.1) is 26.7 Å². The van der Waals surface area contributed by atoms with Crippen LogP contribution in [0.4, 0.5) is 0 Å². The molecule has 0 aliphatic carbocycles. The van der Waals surface area contributed by atoms with E-state index in [-0.39, 0.29) is 72.4 Å². The van der Waals surface area contributed by atoms with Gasteiger partial charge < -0.3 is 50.6 Å². The third-order valence-electron chi connectivity index (χ3n) is 0. The van der Waals surface area contributed by atoms with E-state index in [2.05, 4.69) is 0 Å². The largest absolute Gasteiger partial charge is 4.00 e. The molecular formula is KN5O10Pt. The molecule has 0 aromatic rings. The summed E-state index contributed by atoms with van der Waals surface area (Å²) in [6.45, 7) is 0. The molecule has 0 rings (SSSR count). The molecule has 0 amide bonds. The molecule has 0 aromatic heterocycles. The Balaban J connectivity index is -0.0000000143. The topological polar surface area (TPSA) is 262 Å². The molecule has 17 heteroatoms. The van der Waals surface area contributed by atoms with Crippen molar-refractivity contribution in [1.29, 1.82) is 0 Å². The average molecular weight is 464 g/mol. The monoisotopic (exact) mass is 464 g/mol. The Bertz CT molecular complexity index is 97.0. The smallest absolute Gasteiger partial charge is 0.444 e. The van der Waals surface area contributed by atoms with E-state index in [4.69, 9.17) is 50.6 Å². The van der Waals surface area contributed by atoms with Crippen LogP contribution in [-0.2, 0) is 21.1 Å². The van der Waals surface area contributed by atoms with Gasteiger partial charge >= 0.3 is 72.4 Å². The average Bonchev–Trinajstić information content (AvgIpc) is 2.09. The fourth-order valence-corrected chi connectivity index (χ4v) is 0. The summed E-state index contributed by atoms with van der Waals surface area (Å²) in [5.41, 5.74) is 0. The quantitative estimate of drug-likeness (QED) is 0.222. The van der Waals surface area contributed by atoms with E-state index >= 15 is 0 Å². The second kappa shape index (κ2) is 168. The van der Waals surface area contributed by atoms with Crippen molar-refractivity contribution in [2.24, 2.45) is 26.7 Å². The zero-order valence-corrected chi connectivity index (χ0v) is 13.0. The zero-order valence-electron chi connectivity index (χ0n) is 7.63. The molecule has 0 radical (unpaired) electrons. The minimum Gasteiger partial charge on any atom is -0.444 e. The van der Waals surface area contributed by atoms with Crippen molar-refractivity contribution >= 4 is 0 Å². The van der Waals surface area contributed by atoms with E-state index in [1.165, 1.54) is 0 Å². The molecule has 96 valence electrons. The van der Waals surface area contributed by atoms with Crippen LogP contribution in [0.1, 0.15) is 0 Å². The first-order valence-electron chi connectivity index (χ1n) is 1.83. The number of rotatable bonds is 0. The number of hydrogen-bond donors (Lipinski definition) is 0. The van der Waals surface area contributed by atoms with Gasteiger partial charge in [-0.1, -0.05) is 0 Å². The van der Waals surface area contributed by atoms with Crippen LogP contribution in [0.25, 0.3) is 0 Å². The second-order valence-corrected chi connectivity index (χ2v) is 0.373. The summed E-state index contributed by atoms with van der Waals surface area (Å²) in [6, 6.07) is 0. The number of hydrogen-bond acceptors (Lipinski definition) is 15. The van der Waals surface area contributed by atoms with Crippen molar-refractivity contribution in [3.8, 4) is 0 Å². The molecule has 0 saturated heterocycles. The molecule has 17 heavy (non-hydrogen) atoms. The van der Waals surface area contributed by atoms with Crippen molar-refractivity contribution in [1.82, 2.24) is 0 Å². The van der Waals surface area contributed by atoms with Gasteiger partial charge in [-0.25, -0.2) is 0 Å². The van der Waals surface area contributed by atoms with E-state index < -0.39 is 0 Å². The third-order valence-corrected chi connectivity index (χ3v) is 0. The Hall–Kier alpha value is -0.675. The van der Waals surface area contributed by atoms with Crippen LogP contribution in [0.2, 0.25) is 0 Å². The van der Waals surface area contributed by atoms with E-state index in [1.54, 1.807) is 0 Å². The van der Waals surface area contributed by atoms with Crippen molar-refractivity contribution in [3.63, 3.8) is 0 Å². The van der Waals surface area contributed by atoms with Gasteiger partial charge in [-0.05, 0) is 0 Å². The molecule has 15 nitrogen and oxygen atoms in total. The standard InChI is InChI=1S/K.5HNO2.Pt/c;5*2-1-3;/h;5*(H,2,3);/q+1;;;;;;+4/p-5. The van der Waals surface area contributed by atoms with Gasteiger partial charge in [-0.3, -0.25) is 0 Å². The van der Waals surface area contributed by atoms with Gasteiger partial charge in [0.25, 0.3) is 0 Å². The molecule has 0 aliphatic heterocycles. The summed E-state index contributed by atoms with van der Waals surface area (Å²) >= 11 is 0. The normalized spacial score (nSPS) is 3.53. The van der Waals surface area contributed by atoms with Crippen LogP contribution in [0.15, 0.2) is 26.7 Å². The van der Waals surface area contributed by atoms with Crippen LogP contribution in [0, 0.1) is 50.6 Å². The summed E-state index contributed by atoms with van der Waals surface area (Å²) in [5.74, 6) is 0. The van der Waals surface area contributed by atoms with Crippen LogP contribution >= 0.6 is 0 Å². The fourth-order valence-electron chi connectivity index (χ4n) is 0. The maximum atomic E-state index is 8.00. The van der Waals surface area contributed by atoms with Crippen molar-refractivity contribution in [2.75, 3.05) is 0 Å². The van der Waals surface area contributed by atoms with E-state index in [1.807, 2.05) is 0 Å². The van der Waals surface area contributed by atoms with E-state index in [9.17, 15) is 0 Å². The third kappa shape index (κ3) is 5970. The van der Waals surface area contributed by atoms with Crippen molar-refractivity contribution < 1.29 is 72.4 Å². The van der Waals surface area contributed by atoms with Gasteiger partial charge in [-0.2, -0.15) is 0 Å². The van der Waals surface area contributed by atoms with Crippen LogP contribution < -0.4 is 51.4 Å². The Morgan fingerprint density at radius 1 is 0.471 bits per heavy atom. The minimum atomic E-state index is 0. The molecule has 0 aromatic carbocycles. The first-order valence-corrected chi connectivity index (χ1v) is 1.83. The summed E-state index contributed by atoms with van der Waals surface area (Å²) in [4.78, 5) is 40.0. The van der Waals surface area contributed by atoms with Crippen molar-refractivity contribution in [3.05, 3.63) is 50.6 Å². The van der Waals surface area contributed by atoms with Crippen LogP contribution in [-0.4, -0.2) is 0 Å². The molecule has 0 spiro atoms. The maximum absolute atomic E-state index is 8.00. The first-order chi connectivity index (χ1) is 7.07. The molecule has 0 heterocycles. The first kappa shape index (κ1) is 44.1. The fraction of sp³-hybridized carbons (Fsp3) is 0. The predicted octanol–water partition coefficient (Wildman–Crippen LogP) is -1.75. The molecule has 0 aliphatic rings. The van der Waals surface area contributed by atoms with Gasteiger partial charge in [0, 0.05) is 0 Å². The SMILES string of the molecule is O=N[O-].O=N[O-].O=N[O-].O=N[O-].O=N[O-].[K+].[Pt+4]. The Morgan fingerprint density at radius 2 is 0.471 bits per heavy atom. The molecule has 0 N–H and O–H groups in total. The van der Waals surface area contributed by atoms with Crippen LogP contribution in [0.5, 0.6) is 0 Å². The number of nitrogens with zero attached hydrogens (tertiary/aromatic N) is 5. The molecular weight excluding hydrogens is 464 g/mol. The summed E-state index contributed by atoms with van der Waals surface area (Å²) in [5, 5.41) is 45.0. The Labute approximate surface area is 148 Å². The molecule has 0 atom stereocenters. The zero-order chi connectivity index (χ0) is 13.5. The Morgan fingerprint density at radius 3 is 0.471 bits per heavy atom. The molecule has 0 fully saturated rings. The van der Waals surface area contributed by atoms with Gasteiger partial charge in [0.15, 0.2) is 0 Å². The Kier molecular flexibility index (Phi) is 436. The summed E-state index contributed by atoms with van der Waals surface area (Å²) in [6.07, 6.45) is 0. The maximum Gasteiger partial charge on any atom is 4.00 e. The van der Waals surface area contributed by atoms with Crippen molar-refractivity contribution in [2.45, 2.75) is 0 Å². The molecule has 0 saturated carbocycles. The predicted molar refractivity (Wildman–Crippen MR) is 45.8 cm³/mol. The van der Waals surface area contributed by atoms with E-state index in [0.29, 0.717) is 0 Å². The molecule has 0 bridgehead atoms. The van der Waals surface area contributed by atoms with E-state index in [0.717, 1.165) is 26.7 Å². The summed E-state index contributed by atoms with van der Waals surface area (Å²) in [7, 11) is 0. The van der Waals surface area contributed by atoms with Gasteiger partial charge in [0.2, 0.25) is 0 Å². The minimum absolute atomic E-state index is 0. The van der Waals surface area contributed by atoms with Gasteiger partial charge in [0.1, 0.15) is 0 Å². The summed E-state index contributed by atoms with van der Waals surface area (Å²) < 4.78 is 0. The van der Waals surface area contributed by atoms with Gasteiger partial charge in [0.05, 0.1) is 0 Å². The van der Waals surface area contributed by atoms with Crippen LogP contribution in [0.3, 0.4) is 0 Å². The molecule has 0 unspecified atom stereocenters.